The zero-order valence-corrected chi connectivity index (χ0v) is 16.4. The lowest BCUT2D eigenvalue weighted by Gasteiger charge is -2.12. The molecule has 1 heterocycles. The van der Waals surface area contributed by atoms with Crippen LogP contribution in [0.4, 0.5) is 0 Å². The lowest BCUT2D eigenvalue weighted by molar-refractivity contribution is 0.389. The fourth-order valence-electron chi connectivity index (χ4n) is 2.76. The second-order valence-electron chi connectivity index (χ2n) is 6.70. The average Bonchev–Trinajstić information content (AvgIpc) is 2.78. The van der Waals surface area contributed by atoms with Gasteiger partial charge in [-0.1, -0.05) is 19.3 Å². The standard InChI is InChI=1S/C18H36N6/c1-15-17(16(2)24(6)22-15)14-21-18(19-3)20-12-10-8-7-9-11-13-23(4)5/h7-14H2,1-6H3,(H2,19,20,21). The number of nitrogens with one attached hydrogen (secondary N) is 2. The summed E-state index contributed by atoms with van der Waals surface area (Å²) in [6.07, 6.45) is 6.40. The fourth-order valence-corrected chi connectivity index (χ4v) is 2.76. The summed E-state index contributed by atoms with van der Waals surface area (Å²) >= 11 is 0. The molecule has 0 saturated heterocycles. The molecule has 1 rings (SSSR count). The number of guanidine groups is 1. The average molecular weight is 337 g/mol. The molecule has 0 aliphatic rings. The van der Waals surface area contributed by atoms with Crippen molar-refractivity contribution in [1.29, 1.82) is 0 Å². The van der Waals surface area contributed by atoms with Gasteiger partial charge >= 0.3 is 0 Å². The monoisotopic (exact) mass is 336 g/mol. The van der Waals surface area contributed by atoms with Gasteiger partial charge in [0.1, 0.15) is 0 Å². The van der Waals surface area contributed by atoms with Crippen molar-refractivity contribution in [2.45, 2.75) is 52.5 Å². The van der Waals surface area contributed by atoms with E-state index in [2.05, 4.69) is 53.6 Å². The summed E-state index contributed by atoms with van der Waals surface area (Å²) in [7, 11) is 8.07. The van der Waals surface area contributed by atoms with Crippen LogP contribution in [0.2, 0.25) is 0 Å². The highest BCUT2D eigenvalue weighted by atomic mass is 15.3. The molecule has 24 heavy (non-hydrogen) atoms. The Bertz CT molecular complexity index is 504. The third kappa shape index (κ3) is 7.34. The molecule has 0 fully saturated rings. The minimum absolute atomic E-state index is 0.760. The summed E-state index contributed by atoms with van der Waals surface area (Å²) in [5, 5.41) is 11.2. The lowest BCUT2D eigenvalue weighted by Crippen LogP contribution is -2.37. The van der Waals surface area contributed by atoms with Crippen molar-refractivity contribution in [1.82, 2.24) is 25.3 Å². The Hall–Kier alpha value is -1.56. The molecule has 138 valence electrons. The SMILES string of the molecule is CN=C(NCCCCCCCN(C)C)NCc1c(C)nn(C)c1C. The van der Waals surface area contributed by atoms with Gasteiger partial charge in [0, 0.05) is 38.4 Å². The molecular formula is C18H36N6. The van der Waals surface area contributed by atoms with E-state index in [1.165, 1.54) is 49.9 Å². The molecule has 0 unspecified atom stereocenters. The first kappa shape index (κ1) is 20.5. The van der Waals surface area contributed by atoms with E-state index in [-0.39, 0.29) is 0 Å². The molecular weight excluding hydrogens is 300 g/mol. The highest BCUT2D eigenvalue weighted by Gasteiger charge is 2.09. The lowest BCUT2D eigenvalue weighted by atomic mass is 10.1. The zero-order chi connectivity index (χ0) is 17.9. The van der Waals surface area contributed by atoms with Crippen LogP contribution in [-0.2, 0) is 13.6 Å². The van der Waals surface area contributed by atoms with Gasteiger partial charge in [0.15, 0.2) is 5.96 Å². The van der Waals surface area contributed by atoms with Crippen LogP contribution in [0.5, 0.6) is 0 Å². The second kappa shape index (κ2) is 11.1. The minimum atomic E-state index is 0.760. The van der Waals surface area contributed by atoms with Crippen molar-refractivity contribution in [2.75, 3.05) is 34.2 Å². The Morgan fingerprint density at radius 2 is 1.75 bits per heavy atom. The minimum Gasteiger partial charge on any atom is -0.356 e. The number of nitrogens with zero attached hydrogens (tertiary/aromatic N) is 4. The third-order valence-electron chi connectivity index (χ3n) is 4.39. The Labute approximate surface area is 147 Å². The number of hydrogen-bond donors (Lipinski definition) is 2. The van der Waals surface area contributed by atoms with Crippen molar-refractivity contribution in [3.63, 3.8) is 0 Å². The van der Waals surface area contributed by atoms with Gasteiger partial charge in [-0.15, -0.1) is 0 Å². The molecule has 1 aromatic rings. The Morgan fingerprint density at radius 1 is 1.08 bits per heavy atom. The fraction of sp³-hybridized carbons (Fsp3) is 0.778. The van der Waals surface area contributed by atoms with E-state index >= 15 is 0 Å². The zero-order valence-electron chi connectivity index (χ0n) is 16.4. The van der Waals surface area contributed by atoms with E-state index in [1.54, 1.807) is 0 Å². The van der Waals surface area contributed by atoms with Gasteiger partial charge in [-0.05, 0) is 47.3 Å². The van der Waals surface area contributed by atoms with Crippen molar-refractivity contribution in [2.24, 2.45) is 12.0 Å². The molecule has 0 atom stereocenters. The summed E-state index contributed by atoms with van der Waals surface area (Å²) in [6, 6.07) is 0. The largest absolute Gasteiger partial charge is 0.356 e. The second-order valence-corrected chi connectivity index (χ2v) is 6.70. The highest BCUT2D eigenvalue weighted by molar-refractivity contribution is 5.79. The number of rotatable bonds is 10. The summed E-state index contributed by atoms with van der Waals surface area (Å²) < 4.78 is 1.93. The van der Waals surface area contributed by atoms with E-state index in [9.17, 15) is 0 Å². The van der Waals surface area contributed by atoms with Crippen LogP contribution in [0.3, 0.4) is 0 Å². The van der Waals surface area contributed by atoms with Crippen LogP contribution in [0, 0.1) is 13.8 Å². The van der Waals surface area contributed by atoms with Gasteiger partial charge in [0.2, 0.25) is 0 Å². The molecule has 6 heteroatoms. The number of aryl methyl sites for hydroxylation is 2. The molecule has 2 N–H and O–H groups in total. The molecule has 0 amide bonds. The topological polar surface area (TPSA) is 57.5 Å². The van der Waals surface area contributed by atoms with Crippen LogP contribution < -0.4 is 10.6 Å². The van der Waals surface area contributed by atoms with Crippen molar-refractivity contribution in [3.05, 3.63) is 17.0 Å². The quantitative estimate of drug-likeness (QED) is 0.391. The van der Waals surface area contributed by atoms with Crippen LogP contribution in [-0.4, -0.2) is 54.9 Å². The molecule has 0 aromatic carbocycles. The first-order chi connectivity index (χ1) is 11.5. The predicted molar refractivity (Wildman–Crippen MR) is 103 cm³/mol. The normalized spacial score (nSPS) is 12.0. The molecule has 0 aliphatic heterocycles. The first-order valence-electron chi connectivity index (χ1n) is 9.04. The number of aliphatic imine (C=N–C) groups is 1. The molecule has 1 aromatic heterocycles. The summed E-state index contributed by atoms with van der Waals surface area (Å²) in [4.78, 5) is 6.55. The van der Waals surface area contributed by atoms with Gasteiger partial charge in [0.25, 0.3) is 0 Å². The molecule has 6 nitrogen and oxygen atoms in total. The number of hydrogen-bond acceptors (Lipinski definition) is 3. The van der Waals surface area contributed by atoms with Crippen LogP contribution in [0.1, 0.15) is 49.1 Å². The van der Waals surface area contributed by atoms with Gasteiger partial charge in [-0.3, -0.25) is 9.67 Å². The smallest absolute Gasteiger partial charge is 0.191 e. The number of unbranched alkanes of at least 4 members (excludes halogenated alkanes) is 4. The Balaban J connectivity index is 2.17. The Morgan fingerprint density at radius 3 is 2.33 bits per heavy atom. The maximum Gasteiger partial charge on any atom is 0.191 e. The van der Waals surface area contributed by atoms with Gasteiger partial charge in [-0.2, -0.15) is 5.10 Å². The first-order valence-corrected chi connectivity index (χ1v) is 9.04. The molecule has 0 bridgehead atoms. The van der Waals surface area contributed by atoms with E-state index in [4.69, 9.17) is 0 Å². The predicted octanol–water partition coefficient (Wildman–Crippen LogP) is 2.21. The molecule has 0 spiro atoms. The highest BCUT2D eigenvalue weighted by Crippen LogP contribution is 2.11. The van der Waals surface area contributed by atoms with Gasteiger partial charge in [-0.25, -0.2) is 0 Å². The van der Waals surface area contributed by atoms with Crippen molar-refractivity contribution in [3.8, 4) is 0 Å². The molecule has 0 radical (unpaired) electrons. The van der Waals surface area contributed by atoms with E-state index in [0.717, 1.165) is 24.7 Å². The maximum absolute atomic E-state index is 4.45. The summed E-state index contributed by atoms with van der Waals surface area (Å²) in [5.74, 6) is 0.866. The Kier molecular flexibility index (Phi) is 9.45. The number of aromatic nitrogens is 2. The van der Waals surface area contributed by atoms with Crippen molar-refractivity contribution < 1.29 is 0 Å². The van der Waals surface area contributed by atoms with Crippen molar-refractivity contribution >= 4 is 5.96 Å². The molecule has 0 saturated carbocycles. The third-order valence-corrected chi connectivity index (χ3v) is 4.39. The summed E-state index contributed by atoms with van der Waals surface area (Å²) in [6.45, 7) is 7.08. The van der Waals surface area contributed by atoms with Crippen LogP contribution in [0.25, 0.3) is 0 Å². The molecule has 0 aliphatic carbocycles. The van der Waals surface area contributed by atoms with Gasteiger partial charge < -0.3 is 15.5 Å². The van der Waals surface area contributed by atoms with E-state index in [1.807, 2.05) is 18.8 Å². The van der Waals surface area contributed by atoms with E-state index < -0.39 is 0 Å². The summed E-state index contributed by atoms with van der Waals surface area (Å²) in [5.41, 5.74) is 3.53. The van der Waals surface area contributed by atoms with Gasteiger partial charge in [0.05, 0.1) is 5.69 Å². The maximum atomic E-state index is 4.45. The van der Waals surface area contributed by atoms with E-state index in [0.29, 0.717) is 0 Å². The van der Waals surface area contributed by atoms with Crippen LogP contribution in [0.15, 0.2) is 4.99 Å². The van der Waals surface area contributed by atoms with Crippen LogP contribution >= 0.6 is 0 Å².